The van der Waals surface area contributed by atoms with Crippen LogP contribution in [0, 0.1) is 4.64 Å². The molecule has 1 amide bonds. The highest BCUT2D eigenvalue weighted by Crippen LogP contribution is 2.33. The van der Waals surface area contributed by atoms with Crippen LogP contribution in [0.1, 0.15) is 44.5 Å². The number of amides is 1. The molecule has 1 aliphatic rings. The summed E-state index contributed by atoms with van der Waals surface area (Å²) in [5, 5.41) is 1.96. The number of carbonyl (C=O) groups excluding carboxylic acids is 1. The van der Waals surface area contributed by atoms with E-state index in [9.17, 15) is 4.79 Å². The molecule has 4 aromatic rings. The summed E-state index contributed by atoms with van der Waals surface area (Å²) in [7, 11) is 3.11. The van der Waals surface area contributed by atoms with Gasteiger partial charge in [-0.25, -0.2) is 4.99 Å². The average Bonchev–Trinajstić information content (AvgIpc) is 3.19. The molecule has 2 aromatic carbocycles. The van der Waals surface area contributed by atoms with Gasteiger partial charge in [0.1, 0.15) is 10.5 Å². The average molecular weight is 597 g/mol. The van der Waals surface area contributed by atoms with Crippen LogP contribution in [0.25, 0.3) is 28.0 Å². The Morgan fingerprint density at radius 2 is 1.65 bits per heavy atom. The van der Waals surface area contributed by atoms with E-state index in [1.165, 1.54) is 0 Å². The molecule has 1 aliphatic heterocycles. The number of hydrogen-bond donors (Lipinski definition) is 1. The lowest BCUT2D eigenvalue weighted by Gasteiger charge is -2.22. The third-order valence-corrected chi connectivity index (χ3v) is 7.76. The molecule has 0 saturated carbocycles. The molecule has 0 radical (unpaired) electrons. The van der Waals surface area contributed by atoms with Crippen molar-refractivity contribution in [3.05, 3.63) is 76.3 Å². The maximum absolute atomic E-state index is 13.3. The van der Waals surface area contributed by atoms with Gasteiger partial charge in [-0.15, -0.1) is 0 Å². The lowest BCUT2D eigenvalue weighted by Crippen LogP contribution is -2.34. The molecule has 43 heavy (non-hydrogen) atoms. The minimum Gasteiger partial charge on any atom is -0.481 e. The lowest BCUT2D eigenvalue weighted by atomic mass is 9.99. The molecule has 5 rings (SSSR count). The molecule has 2 N–H and O–H groups in total. The van der Waals surface area contributed by atoms with Gasteiger partial charge < -0.3 is 24.7 Å². The fourth-order valence-electron chi connectivity index (χ4n) is 5.24. The summed E-state index contributed by atoms with van der Waals surface area (Å²) >= 11 is 5.84. The number of methoxy groups -OCH3 is 2. The van der Waals surface area contributed by atoms with Crippen molar-refractivity contribution in [2.24, 2.45) is 10.7 Å². The van der Waals surface area contributed by atoms with Gasteiger partial charge in [0.15, 0.2) is 5.82 Å². The van der Waals surface area contributed by atoms with Crippen molar-refractivity contribution in [3.63, 3.8) is 0 Å². The number of ether oxygens (including phenoxy) is 2. The van der Waals surface area contributed by atoms with Crippen molar-refractivity contribution in [2.45, 2.75) is 39.7 Å². The smallest absolute Gasteiger partial charge is 0.250 e. The van der Waals surface area contributed by atoms with E-state index < -0.39 is 0 Å². The third-order valence-electron chi connectivity index (χ3n) is 7.31. The number of hydrogen-bond acceptors (Lipinski definition) is 8. The van der Waals surface area contributed by atoms with Crippen LogP contribution >= 0.6 is 12.2 Å². The zero-order valence-corrected chi connectivity index (χ0v) is 25.8. The number of aliphatic imine (C=N–C) groups is 1. The number of rotatable bonds is 10. The number of pyridine rings is 1. The summed E-state index contributed by atoms with van der Waals surface area (Å²) in [4.78, 5) is 28.8. The number of benzene rings is 2. The number of amidine groups is 1. The molecule has 0 saturated heterocycles. The maximum atomic E-state index is 13.3. The minimum atomic E-state index is 0.0300. The highest BCUT2D eigenvalue weighted by atomic mass is 32.1. The first kappa shape index (κ1) is 29.9. The summed E-state index contributed by atoms with van der Waals surface area (Å²) in [6, 6.07) is 16.0. The summed E-state index contributed by atoms with van der Waals surface area (Å²) in [6.45, 7) is 5.99. The normalized spacial score (nSPS) is 12.7. The topological polar surface area (TPSA) is 108 Å². The van der Waals surface area contributed by atoms with Gasteiger partial charge in [-0.05, 0) is 53.6 Å². The Kier molecular flexibility index (Phi) is 9.16. The van der Waals surface area contributed by atoms with Crippen LogP contribution in [0.2, 0.25) is 0 Å². The van der Waals surface area contributed by atoms with Gasteiger partial charge in [-0.2, -0.15) is 9.97 Å². The van der Waals surface area contributed by atoms with Gasteiger partial charge in [-0.3, -0.25) is 4.79 Å². The van der Waals surface area contributed by atoms with E-state index in [4.69, 9.17) is 27.4 Å². The van der Waals surface area contributed by atoms with E-state index in [1.807, 2.05) is 46.0 Å². The lowest BCUT2D eigenvalue weighted by molar-refractivity contribution is -0.127. The number of fused-ring (bicyclic) bond motifs is 2. The quantitative estimate of drug-likeness (QED) is 0.214. The molecule has 222 valence electrons. The number of nitrogens with two attached hydrogens (primary N) is 1. The van der Waals surface area contributed by atoms with E-state index in [2.05, 4.69) is 47.0 Å². The van der Waals surface area contributed by atoms with Gasteiger partial charge in [0.05, 0.1) is 32.5 Å². The monoisotopic (exact) mass is 596 g/mol. The fraction of sp³-hybridized carbons (Fsp3) is 0.303. The van der Waals surface area contributed by atoms with E-state index in [0.29, 0.717) is 46.6 Å². The molecule has 0 unspecified atom stereocenters. The van der Waals surface area contributed by atoms with Crippen LogP contribution in [-0.4, -0.2) is 58.5 Å². The highest BCUT2D eigenvalue weighted by molar-refractivity contribution is 7.71. The van der Waals surface area contributed by atoms with Crippen LogP contribution in [0.15, 0.2) is 65.3 Å². The summed E-state index contributed by atoms with van der Waals surface area (Å²) in [5.74, 6) is 1.86. The van der Waals surface area contributed by atoms with Crippen molar-refractivity contribution in [3.8, 4) is 22.9 Å². The van der Waals surface area contributed by atoms with Gasteiger partial charge in [-0.1, -0.05) is 50.3 Å². The zero-order valence-electron chi connectivity index (χ0n) is 25.0. The van der Waals surface area contributed by atoms with Gasteiger partial charge in [0.25, 0.3) is 0 Å². The highest BCUT2D eigenvalue weighted by Gasteiger charge is 2.21. The molecule has 10 heteroatoms. The molecular formula is C33H36N6O3S. The largest absolute Gasteiger partial charge is 0.481 e. The van der Waals surface area contributed by atoms with E-state index in [-0.39, 0.29) is 5.91 Å². The van der Waals surface area contributed by atoms with Crippen LogP contribution in [0.4, 0.5) is 5.69 Å². The molecular weight excluding hydrogens is 560 g/mol. The molecule has 2 aromatic heterocycles. The third kappa shape index (κ3) is 6.59. The predicted molar refractivity (Wildman–Crippen MR) is 173 cm³/mol. The Balaban J connectivity index is 1.44. The molecule has 0 bridgehead atoms. The number of nitrogens with zero attached hydrogens (tertiary/aromatic N) is 5. The summed E-state index contributed by atoms with van der Waals surface area (Å²) < 4.78 is 13.2. The first-order chi connectivity index (χ1) is 20.8. The Morgan fingerprint density at radius 1 is 0.977 bits per heavy atom. The van der Waals surface area contributed by atoms with Crippen LogP contribution in [0.3, 0.4) is 0 Å². The Labute approximate surface area is 256 Å². The van der Waals surface area contributed by atoms with Gasteiger partial charge >= 0.3 is 0 Å². The molecule has 3 heterocycles. The second-order valence-electron chi connectivity index (χ2n) is 10.4. The Bertz CT molecular complexity index is 1770. The van der Waals surface area contributed by atoms with Crippen molar-refractivity contribution >= 4 is 46.5 Å². The fourth-order valence-corrected chi connectivity index (χ4v) is 5.55. The second-order valence-corrected chi connectivity index (χ2v) is 10.8. The minimum absolute atomic E-state index is 0.0300. The molecule has 0 aliphatic carbocycles. The molecule has 0 atom stereocenters. The van der Waals surface area contributed by atoms with E-state index in [1.54, 1.807) is 20.3 Å². The van der Waals surface area contributed by atoms with E-state index in [0.717, 1.165) is 59.1 Å². The van der Waals surface area contributed by atoms with Gasteiger partial charge in [0, 0.05) is 42.2 Å². The first-order valence-electron chi connectivity index (χ1n) is 14.4. The molecule has 0 fully saturated rings. The molecule has 0 spiro atoms. The van der Waals surface area contributed by atoms with E-state index >= 15 is 0 Å². The standard InChI is InChI=1S/C33H36N6O3S/c1-5-12-38(13-6-2)32(40)25-16-24-8-7-22(17-27(24)35-28(34)18-25)21-9-10-26-23(15-21)11-14-39(33(26)43)20-29-36-30(41-3)19-31(37-29)42-4/h7-11,14-17,19H,5-6,12-13,18,20H2,1-4H3,(H2,34,35). The Morgan fingerprint density at radius 3 is 2.33 bits per heavy atom. The van der Waals surface area contributed by atoms with Crippen molar-refractivity contribution in [1.82, 2.24) is 19.4 Å². The van der Waals surface area contributed by atoms with Crippen molar-refractivity contribution in [1.29, 1.82) is 0 Å². The first-order valence-corrected chi connectivity index (χ1v) is 14.8. The number of carbonyl (C=O) groups is 1. The van der Waals surface area contributed by atoms with Crippen LogP contribution in [-0.2, 0) is 11.3 Å². The van der Waals surface area contributed by atoms with Crippen molar-refractivity contribution in [2.75, 3.05) is 27.3 Å². The summed E-state index contributed by atoms with van der Waals surface area (Å²) in [6.07, 6.45) is 6.03. The van der Waals surface area contributed by atoms with Gasteiger partial charge in [0.2, 0.25) is 17.7 Å². The van der Waals surface area contributed by atoms with Crippen LogP contribution < -0.4 is 15.2 Å². The second kappa shape index (κ2) is 13.2. The maximum Gasteiger partial charge on any atom is 0.250 e. The van der Waals surface area contributed by atoms with Crippen molar-refractivity contribution < 1.29 is 14.3 Å². The Hall–Kier alpha value is -4.57. The zero-order chi connectivity index (χ0) is 30.5. The molecule has 9 nitrogen and oxygen atoms in total. The summed E-state index contributed by atoms with van der Waals surface area (Å²) in [5.41, 5.74) is 10.6. The SMILES string of the molecule is CCCN(CCC)C(=O)C1=Cc2ccc(-c3ccc4c(=S)n(Cc5nc(OC)cc(OC)n5)ccc4c3)cc2N=C(N)C1. The van der Waals surface area contributed by atoms with Crippen LogP contribution in [0.5, 0.6) is 11.8 Å². The number of aromatic nitrogens is 3. The predicted octanol–water partition coefficient (Wildman–Crippen LogP) is 6.32.